The molecule has 7 nitrogen and oxygen atoms in total. The lowest BCUT2D eigenvalue weighted by Gasteiger charge is -2.39. The molecule has 0 saturated carbocycles. The fourth-order valence-electron chi connectivity index (χ4n) is 3.34. The molecule has 1 aromatic carbocycles. The van der Waals surface area contributed by atoms with Gasteiger partial charge in [-0.05, 0) is 18.4 Å². The summed E-state index contributed by atoms with van der Waals surface area (Å²) < 4.78 is 10.7. The number of carbonyl (C=O) groups is 2. The van der Waals surface area contributed by atoms with Crippen molar-refractivity contribution in [1.82, 2.24) is 14.7 Å². The number of nitrogens with zero attached hydrogens (tertiary/aromatic N) is 3. The van der Waals surface area contributed by atoms with E-state index in [1.54, 1.807) is 4.90 Å². The van der Waals surface area contributed by atoms with E-state index in [-0.39, 0.29) is 24.8 Å². The molecule has 2 heterocycles. The zero-order valence-corrected chi connectivity index (χ0v) is 15.3. The molecule has 1 aromatic rings. The van der Waals surface area contributed by atoms with Crippen molar-refractivity contribution in [3.05, 3.63) is 35.9 Å². The van der Waals surface area contributed by atoms with Crippen molar-refractivity contribution in [3.8, 4) is 0 Å². The molecule has 3 amide bonds. The van der Waals surface area contributed by atoms with Crippen LogP contribution in [0.15, 0.2) is 30.3 Å². The summed E-state index contributed by atoms with van der Waals surface area (Å²) in [5.41, 5.74) is 0.966. The van der Waals surface area contributed by atoms with Crippen LogP contribution in [-0.4, -0.2) is 79.3 Å². The topological polar surface area (TPSA) is 62.3 Å². The fraction of sp³-hybridized carbons (Fsp3) is 0.579. The Balaban J connectivity index is 1.43. The van der Waals surface area contributed by atoms with Gasteiger partial charge in [0.25, 0.3) is 0 Å². The van der Waals surface area contributed by atoms with Gasteiger partial charge in [-0.2, -0.15) is 0 Å². The summed E-state index contributed by atoms with van der Waals surface area (Å²) >= 11 is 0. The number of ether oxygens (including phenoxy) is 2. The second kappa shape index (κ2) is 8.89. The van der Waals surface area contributed by atoms with E-state index in [2.05, 4.69) is 0 Å². The highest BCUT2D eigenvalue weighted by Gasteiger charge is 2.30. The predicted molar refractivity (Wildman–Crippen MR) is 96.8 cm³/mol. The molecular weight excluding hydrogens is 334 g/mol. The van der Waals surface area contributed by atoms with Gasteiger partial charge in [-0.1, -0.05) is 30.3 Å². The van der Waals surface area contributed by atoms with Gasteiger partial charge < -0.3 is 24.2 Å². The first-order valence-electron chi connectivity index (χ1n) is 9.20. The monoisotopic (exact) mass is 361 g/mol. The smallest absolute Gasteiger partial charge is 0.410 e. The van der Waals surface area contributed by atoms with Gasteiger partial charge in [-0.3, -0.25) is 0 Å². The van der Waals surface area contributed by atoms with Gasteiger partial charge in [0, 0.05) is 52.5 Å². The highest BCUT2D eigenvalue weighted by atomic mass is 16.6. The Morgan fingerprint density at radius 2 is 1.69 bits per heavy atom. The first kappa shape index (κ1) is 18.5. The average molecular weight is 361 g/mol. The molecule has 0 atom stereocenters. The highest BCUT2D eigenvalue weighted by Crippen LogP contribution is 2.16. The van der Waals surface area contributed by atoms with Gasteiger partial charge in [-0.15, -0.1) is 0 Å². The van der Waals surface area contributed by atoms with Crippen molar-refractivity contribution in [2.75, 3.05) is 46.4 Å². The van der Waals surface area contributed by atoms with Gasteiger partial charge in [0.1, 0.15) is 6.61 Å². The van der Waals surface area contributed by atoms with Crippen LogP contribution in [0, 0.1) is 0 Å². The molecular formula is C19H27N3O4. The lowest BCUT2D eigenvalue weighted by Crippen LogP contribution is -2.55. The number of benzene rings is 1. The minimum atomic E-state index is -0.321. The molecule has 3 rings (SSSR count). The van der Waals surface area contributed by atoms with Gasteiger partial charge in [-0.25, -0.2) is 9.59 Å². The first-order valence-corrected chi connectivity index (χ1v) is 9.20. The molecule has 2 fully saturated rings. The Labute approximate surface area is 154 Å². The molecule has 2 aliphatic rings. The summed E-state index contributed by atoms with van der Waals surface area (Å²) in [7, 11) is 1.86. The fourth-order valence-corrected chi connectivity index (χ4v) is 3.34. The third-order valence-electron chi connectivity index (χ3n) is 5.05. The quantitative estimate of drug-likeness (QED) is 0.828. The van der Waals surface area contributed by atoms with Crippen LogP contribution >= 0.6 is 0 Å². The minimum Gasteiger partial charge on any atom is -0.445 e. The number of hydrogen-bond acceptors (Lipinski definition) is 4. The molecule has 0 unspecified atom stereocenters. The number of rotatable bonds is 3. The van der Waals surface area contributed by atoms with Crippen molar-refractivity contribution < 1.29 is 19.1 Å². The maximum Gasteiger partial charge on any atom is 0.410 e. The molecule has 2 aliphatic heterocycles. The van der Waals surface area contributed by atoms with Crippen molar-refractivity contribution in [3.63, 3.8) is 0 Å². The molecule has 142 valence electrons. The number of hydrogen-bond donors (Lipinski definition) is 0. The summed E-state index contributed by atoms with van der Waals surface area (Å²) in [6.45, 7) is 3.76. The Kier molecular flexibility index (Phi) is 6.33. The summed E-state index contributed by atoms with van der Waals surface area (Å²) in [5.74, 6) is 0. The van der Waals surface area contributed by atoms with E-state index in [4.69, 9.17) is 9.47 Å². The molecule has 0 spiro atoms. The summed E-state index contributed by atoms with van der Waals surface area (Å²) in [6, 6.07) is 9.90. The lowest BCUT2D eigenvalue weighted by atomic mass is 10.1. The third kappa shape index (κ3) is 4.66. The summed E-state index contributed by atoms with van der Waals surface area (Å²) in [5, 5.41) is 0. The van der Waals surface area contributed by atoms with Crippen LogP contribution in [-0.2, 0) is 16.1 Å². The average Bonchev–Trinajstić information content (AvgIpc) is 2.72. The third-order valence-corrected chi connectivity index (χ3v) is 5.05. The van der Waals surface area contributed by atoms with Crippen LogP contribution in [0.3, 0.4) is 0 Å². The van der Waals surface area contributed by atoms with Crippen molar-refractivity contribution in [2.24, 2.45) is 0 Å². The second-order valence-electron chi connectivity index (χ2n) is 6.75. The standard InChI is InChI=1S/C19H27N3O4/c1-20(17-7-13-25-14-8-17)18(23)21-9-11-22(12-10-21)19(24)26-15-16-5-3-2-4-6-16/h2-6,17H,7-15H2,1H3. The maximum absolute atomic E-state index is 12.7. The van der Waals surface area contributed by atoms with Crippen molar-refractivity contribution in [1.29, 1.82) is 0 Å². The van der Waals surface area contributed by atoms with Crippen LogP contribution in [0.2, 0.25) is 0 Å². The predicted octanol–water partition coefficient (Wildman–Crippen LogP) is 2.17. The number of piperazine rings is 1. The molecule has 0 bridgehead atoms. The Morgan fingerprint density at radius 1 is 1.08 bits per heavy atom. The first-order chi connectivity index (χ1) is 12.6. The summed E-state index contributed by atoms with van der Waals surface area (Å²) in [6.07, 6.45) is 1.45. The SMILES string of the molecule is CN(C(=O)N1CCN(C(=O)OCc2ccccc2)CC1)C1CCOCC1. The van der Waals surface area contributed by atoms with Gasteiger partial charge in [0.2, 0.25) is 0 Å². The number of urea groups is 1. The van der Waals surface area contributed by atoms with Crippen LogP contribution in [0.4, 0.5) is 9.59 Å². The largest absolute Gasteiger partial charge is 0.445 e. The number of carbonyl (C=O) groups excluding carboxylic acids is 2. The Morgan fingerprint density at radius 3 is 2.35 bits per heavy atom. The van der Waals surface area contributed by atoms with Crippen LogP contribution in [0.1, 0.15) is 18.4 Å². The highest BCUT2D eigenvalue weighted by molar-refractivity contribution is 5.75. The normalized spacial score (nSPS) is 18.5. The number of amides is 3. The van der Waals surface area contributed by atoms with E-state index in [0.717, 1.165) is 18.4 Å². The molecule has 0 aromatic heterocycles. The lowest BCUT2D eigenvalue weighted by molar-refractivity contribution is 0.0401. The van der Waals surface area contributed by atoms with Gasteiger partial charge in [0.05, 0.1) is 0 Å². The maximum atomic E-state index is 12.7. The molecule has 0 N–H and O–H groups in total. The molecule has 0 radical (unpaired) electrons. The summed E-state index contributed by atoms with van der Waals surface area (Å²) in [4.78, 5) is 30.2. The molecule has 7 heteroatoms. The van der Waals surface area contributed by atoms with Crippen LogP contribution in [0.25, 0.3) is 0 Å². The zero-order chi connectivity index (χ0) is 18.4. The zero-order valence-electron chi connectivity index (χ0n) is 15.3. The van der Waals surface area contributed by atoms with Crippen LogP contribution < -0.4 is 0 Å². The van der Waals surface area contributed by atoms with Crippen molar-refractivity contribution >= 4 is 12.1 Å². The van der Waals surface area contributed by atoms with Crippen molar-refractivity contribution in [2.45, 2.75) is 25.5 Å². The molecule has 0 aliphatic carbocycles. The molecule has 26 heavy (non-hydrogen) atoms. The van der Waals surface area contributed by atoms with E-state index >= 15 is 0 Å². The van der Waals surface area contributed by atoms with Gasteiger partial charge in [0.15, 0.2) is 0 Å². The Hall–Kier alpha value is -2.28. The Bertz CT molecular complexity index is 596. The second-order valence-corrected chi connectivity index (χ2v) is 6.75. The molecule has 2 saturated heterocycles. The van der Waals surface area contributed by atoms with E-state index < -0.39 is 0 Å². The van der Waals surface area contributed by atoms with E-state index in [0.29, 0.717) is 39.4 Å². The van der Waals surface area contributed by atoms with E-state index in [9.17, 15) is 9.59 Å². The van der Waals surface area contributed by atoms with Gasteiger partial charge >= 0.3 is 12.1 Å². The van der Waals surface area contributed by atoms with E-state index in [1.165, 1.54) is 0 Å². The van der Waals surface area contributed by atoms with E-state index in [1.807, 2.05) is 47.2 Å². The minimum absolute atomic E-state index is 0.0363. The van der Waals surface area contributed by atoms with Crippen LogP contribution in [0.5, 0.6) is 0 Å².